The van der Waals surface area contributed by atoms with Gasteiger partial charge in [-0.1, -0.05) is 19.8 Å². The molecule has 1 aliphatic rings. The average Bonchev–Trinajstić information content (AvgIpc) is 3.11. The van der Waals surface area contributed by atoms with Gasteiger partial charge >= 0.3 is 0 Å². The van der Waals surface area contributed by atoms with Gasteiger partial charge in [-0.05, 0) is 24.8 Å². The number of amides is 1. The van der Waals surface area contributed by atoms with Crippen LogP contribution in [0.2, 0.25) is 0 Å². The van der Waals surface area contributed by atoms with E-state index in [0.717, 1.165) is 6.42 Å². The molecule has 0 unspecified atom stereocenters. The highest BCUT2D eigenvalue weighted by Crippen LogP contribution is 2.26. The predicted octanol–water partition coefficient (Wildman–Crippen LogP) is 2.93. The molecule has 1 aliphatic carbocycles. The smallest absolute Gasteiger partial charge is 0.263 e. The van der Waals surface area contributed by atoms with Crippen molar-refractivity contribution in [1.29, 1.82) is 0 Å². The standard InChI is InChI=1S/C17H22N4O2S/c1-12-5-2-3-6-13(12)23-10-9-20-16(22)14-11-21-17(24-14)15-18-7-4-8-19-15/h4,7-8,11-13H,2-3,5-6,9-10H2,1H3,(H,20,22)/t12-,13+/m0/s1. The molecule has 128 valence electrons. The third kappa shape index (κ3) is 4.36. The molecule has 0 radical (unpaired) electrons. The molecule has 3 rings (SSSR count). The van der Waals surface area contributed by atoms with Crippen molar-refractivity contribution in [3.8, 4) is 10.8 Å². The van der Waals surface area contributed by atoms with Crippen LogP contribution in [0.25, 0.3) is 10.8 Å². The van der Waals surface area contributed by atoms with Crippen molar-refractivity contribution in [3.63, 3.8) is 0 Å². The molecule has 2 atom stereocenters. The molecule has 7 heteroatoms. The zero-order chi connectivity index (χ0) is 16.8. The Balaban J connectivity index is 1.45. The van der Waals surface area contributed by atoms with Crippen molar-refractivity contribution in [1.82, 2.24) is 20.3 Å². The fourth-order valence-electron chi connectivity index (χ4n) is 2.88. The number of ether oxygens (including phenoxy) is 1. The number of thiazole rings is 1. The van der Waals surface area contributed by atoms with E-state index in [0.29, 0.717) is 40.9 Å². The normalized spacial score (nSPS) is 20.7. The van der Waals surface area contributed by atoms with E-state index in [9.17, 15) is 4.79 Å². The first-order valence-electron chi connectivity index (χ1n) is 8.37. The maximum Gasteiger partial charge on any atom is 0.263 e. The molecule has 2 aromatic rings. The molecule has 24 heavy (non-hydrogen) atoms. The summed E-state index contributed by atoms with van der Waals surface area (Å²) < 4.78 is 5.91. The number of hydrogen-bond acceptors (Lipinski definition) is 6. The first kappa shape index (κ1) is 17.0. The van der Waals surface area contributed by atoms with Crippen LogP contribution in [-0.4, -0.2) is 40.1 Å². The first-order chi connectivity index (χ1) is 11.7. The summed E-state index contributed by atoms with van der Waals surface area (Å²) in [6.07, 6.45) is 10.1. The summed E-state index contributed by atoms with van der Waals surface area (Å²) in [6.45, 7) is 3.30. The second-order valence-corrected chi connectivity index (χ2v) is 7.06. The van der Waals surface area contributed by atoms with Crippen molar-refractivity contribution in [2.45, 2.75) is 38.7 Å². The summed E-state index contributed by atoms with van der Waals surface area (Å²) in [4.78, 5) is 25.2. The summed E-state index contributed by atoms with van der Waals surface area (Å²) in [5.74, 6) is 1.02. The minimum Gasteiger partial charge on any atom is -0.376 e. The minimum atomic E-state index is -0.130. The van der Waals surface area contributed by atoms with Gasteiger partial charge in [-0.3, -0.25) is 4.79 Å². The highest BCUT2D eigenvalue weighted by Gasteiger charge is 2.21. The lowest BCUT2D eigenvalue weighted by molar-refractivity contribution is -0.00292. The summed E-state index contributed by atoms with van der Waals surface area (Å²) in [7, 11) is 0. The molecule has 0 aromatic carbocycles. The number of nitrogens with one attached hydrogen (secondary N) is 1. The predicted molar refractivity (Wildman–Crippen MR) is 92.8 cm³/mol. The average molecular weight is 346 g/mol. The summed E-state index contributed by atoms with van der Waals surface area (Å²) >= 11 is 1.29. The van der Waals surface area contributed by atoms with Crippen LogP contribution in [0.3, 0.4) is 0 Å². The largest absolute Gasteiger partial charge is 0.376 e. The lowest BCUT2D eigenvalue weighted by Gasteiger charge is -2.28. The number of carbonyl (C=O) groups is 1. The fraction of sp³-hybridized carbons (Fsp3) is 0.529. The van der Waals surface area contributed by atoms with Crippen LogP contribution in [0.1, 0.15) is 42.3 Å². The van der Waals surface area contributed by atoms with Crippen LogP contribution in [-0.2, 0) is 4.74 Å². The molecule has 2 aromatic heterocycles. The van der Waals surface area contributed by atoms with Crippen molar-refractivity contribution in [2.75, 3.05) is 13.2 Å². The summed E-state index contributed by atoms with van der Waals surface area (Å²) in [6, 6.07) is 1.75. The van der Waals surface area contributed by atoms with E-state index in [1.807, 2.05) is 0 Å². The van der Waals surface area contributed by atoms with Crippen molar-refractivity contribution >= 4 is 17.2 Å². The maximum absolute atomic E-state index is 12.2. The molecular formula is C17H22N4O2S. The molecule has 1 amide bonds. The number of hydrogen-bond donors (Lipinski definition) is 1. The summed E-state index contributed by atoms with van der Waals surface area (Å²) in [5, 5.41) is 3.53. The maximum atomic E-state index is 12.2. The van der Waals surface area contributed by atoms with Crippen molar-refractivity contribution in [3.05, 3.63) is 29.5 Å². The van der Waals surface area contributed by atoms with Crippen LogP contribution in [0.5, 0.6) is 0 Å². The van der Waals surface area contributed by atoms with Crippen LogP contribution in [0, 0.1) is 5.92 Å². The van der Waals surface area contributed by atoms with E-state index < -0.39 is 0 Å². The zero-order valence-corrected chi connectivity index (χ0v) is 14.6. The topological polar surface area (TPSA) is 77.0 Å². The number of aromatic nitrogens is 3. The molecule has 1 N–H and O–H groups in total. The summed E-state index contributed by atoms with van der Waals surface area (Å²) in [5.41, 5.74) is 0. The highest BCUT2D eigenvalue weighted by molar-refractivity contribution is 7.16. The zero-order valence-electron chi connectivity index (χ0n) is 13.8. The highest BCUT2D eigenvalue weighted by atomic mass is 32.1. The Bertz CT molecular complexity index is 662. The Labute approximate surface area is 145 Å². The Morgan fingerprint density at radius 3 is 2.88 bits per heavy atom. The lowest BCUT2D eigenvalue weighted by atomic mass is 9.88. The molecular weight excluding hydrogens is 324 g/mol. The van der Waals surface area contributed by atoms with Crippen LogP contribution in [0.4, 0.5) is 0 Å². The van der Waals surface area contributed by atoms with Gasteiger partial charge in [0.25, 0.3) is 5.91 Å². The molecule has 0 saturated heterocycles. The SMILES string of the molecule is C[C@H]1CCCC[C@H]1OCCNC(=O)c1cnc(-c2ncccn2)s1. The molecule has 2 heterocycles. The molecule has 6 nitrogen and oxygen atoms in total. The molecule has 0 aliphatic heterocycles. The first-order valence-corrected chi connectivity index (χ1v) is 9.18. The lowest BCUT2D eigenvalue weighted by Crippen LogP contribution is -2.31. The van der Waals surface area contributed by atoms with Gasteiger partial charge in [0.15, 0.2) is 10.8 Å². The van der Waals surface area contributed by atoms with E-state index in [4.69, 9.17) is 4.74 Å². The number of carbonyl (C=O) groups excluding carboxylic acids is 1. The van der Waals surface area contributed by atoms with Gasteiger partial charge in [0, 0.05) is 18.9 Å². The van der Waals surface area contributed by atoms with Crippen molar-refractivity contribution < 1.29 is 9.53 Å². The third-order valence-corrected chi connectivity index (χ3v) is 5.23. The monoisotopic (exact) mass is 346 g/mol. The van der Waals surface area contributed by atoms with E-state index in [1.54, 1.807) is 24.7 Å². The molecule has 1 fully saturated rings. The van der Waals surface area contributed by atoms with E-state index in [2.05, 4.69) is 27.2 Å². The van der Waals surface area contributed by atoms with E-state index in [-0.39, 0.29) is 5.91 Å². The van der Waals surface area contributed by atoms with Crippen LogP contribution >= 0.6 is 11.3 Å². The second-order valence-electron chi connectivity index (χ2n) is 6.03. The number of rotatable bonds is 6. The Kier molecular flexibility index (Phi) is 5.87. The molecule has 0 bridgehead atoms. The van der Waals surface area contributed by atoms with Gasteiger partial charge in [0.1, 0.15) is 4.88 Å². The second kappa shape index (κ2) is 8.30. The van der Waals surface area contributed by atoms with Gasteiger partial charge in [-0.15, -0.1) is 11.3 Å². The van der Waals surface area contributed by atoms with Gasteiger partial charge in [-0.2, -0.15) is 0 Å². The van der Waals surface area contributed by atoms with Crippen LogP contribution < -0.4 is 5.32 Å². The van der Waals surface area contributed by atoms with Gasteiger partial charge in [0.05, 0.1) is 18.9 Å². The minimum absolute atomic E-state index is 0.130. The Hall–Kier alpha value is -1.86. The molecule has 0 spiro atoms. The Morgan fingerprint density at radius 2 is 2.08 bits per heavy atom. The Morgan fingerprint density at radius 1 is 1.29 bits per heavy atom. The number of nitrogens with zero attached hydrogens (tertiary/aromatic N) is 3. The molecule has 1 saturated carbocycles. The van der Waals surface area contributed by atoms with Gasteiger partial charge in [0.2, 0.25) is 0 Å². The van der Waals surface area contributed by atoms with Gasteiger partial charge < -0.3 is 10.1 Å². The quantitative estimate of drug-likeness (QED) is 0.814. The third-order valence-electron chi connectivity index (χ3n) is 4.24. The van der Waals surface area contributed by atoms with Gasteiger partial charge in [-0.25, -0.2) is 15.0 Å². The fourth-order valence-corrected chi connectivity index (χ4v) is 3.66. The van der Waals surface area contributed by atoms with E-state index in [1.165, 1.54) is 30.6 Å². The van der Waals surface area contributed by atoms with Crippen LogP contribution in [0.15, 0.2) is 24.7 Å². The van der Waals surface area contributed by atoms with E-state index >= 15 is 0 Å². The van der Waals surface area contributed by atoms with Crippen molar-refractivity contribution in [2.24, 2.45) is 5.92 Å².